The number of anilines is 1. The van der Waals surface area contributed by atoms with E-state index in [9.17, 15) is 4.79 Å². The van der Waals surface area contributed by atoms with Crippen molar-refractivity contribution in [1.29, 1.82) is 0 Å². The highest BCUT2D eigenvalue weighted by molar-refractivity contribution is 6.30. The Morgan fingerprint density at radius 2 is 2.20 bits per heavy atom. The lowest BCUT2D eigenvalue weighted by Gasteiger charge is -2.22. The van der Waals surface area contributed by atoms with E-state index in [0.29, 0.717) is 24.2 Å². The van der Waals surface area contributed by atoms with Gasteiger partial charge in [-0.05, 0) is 37.5 Å². The van der Waals surface area contributed by atoms with Crippen molar-refractivity contribution in [1.82, 2.24) is 10.6 Å². The van der Waals surface area contributed by atoms with Crippen molar-refractivity contribution in [3.8, 4) is 0 Å². The molecular weight excluding hydrogens is 274 g/mol. The number of carbonyl (C=O) groups is 1. The zero-order valence-corrected chi connectivity index (χ0v) is 12.8. The van der Waals surface area contributed by atoms with Gasteiger partial charge < -0.3 is 15.5 Å². The Labute approximate surface area is 125 Å². The summed E-state index contributed by atoms with van der Waals surface area (Å²) in [4.78, 5) is 13.6. The summed E-state index contributed by atoms with van der Waals surface area (Å²) in [7, 11) is 1.92. The van der Waals surface area contributed by atoms with Crippen molar-refractivity contribution >= 4 is 23.2 Å². The summed E-state index contributed by atoms with van der Waals surface area (Å²) in [5, 5.41) is 7.00. The Kier molecular flexibility index (Phi) is 5.26. The van der Waals surface area contributed by atoms with E-state index in [1.165, 1.54) is 18.4 Å². The molecular formula is C15H22ClN3O. The van der Waals surface area contributed by atoms with Gasteiger partial charge in [-0.2, -0.15) is 0 Å². The molecule has 5 heteroatoms. The second-order valence-electron chi connectivity index (χ2n) is 5.24. The number of nitrogens with zero attached hydrogens (tertiary/aromatic N) is 1. The fourth-order valence-electron chi connectivity index (χ4n) is 2.14. The van der Waals surface area contributed by atoms with Gasteiger partial charge in [0, 0.05) is 36.9 Å². The van der Waals surface area contributed by atoms with Crippen LogP contribution in [-0.2, 0) is 11.3 Å². The number of benzene rings is 1. The number of carbonyl (C=O) groups excluding carboxylic acids is 1. The Hall–Kier alpha value is -1.26. The summed E-state index contributed by atoms with van der Waals surface area (Å²) >= 11 is 6.09. The number of nitrogens with one attached hydrogen (secondary N) is 2. The third-order valence-corrected chi connectivity index (χ3v) is 3.61. The highest BCUT2D eigenvalue weighted by atomic mass is 35.5. The second kappa shape index (κ2) is 6.95. The molecule has 110 valence electrons. The highest BCUT2D eigenvalue weighted by Gasteiger charge is 2.21. The van der Waals surface area contributed by atoms with Crippen molar-refractivity contribution in [2.24, 2.45) is 0 Å². The molecule has 0 atom stereocenters. The number of hydrogen-bond donors (Lipinski definition) is 2. The maximum atomic E-state index is 11.7. The molecule has 1 saturated carbocycles. The SMILES string of the molecule is CCNC(=O)CN(C)c1cc(Cl)ccc1CNC1CC1. The number of hydrogen-bond acceptors (Lipinski definition) is 3. The molecule has 1 aliphatic carbocycles. The van der Waals surface area contributed by atoms with Gasteiger partial charge in [-0.3, -0.25) is 4.79 Å². The molecule has 1 amide bonds. The van der Waals surface area contributed by atoms with Gasteiger partial charge in [0.05, 0.1) is 6.54 Å². The van der Waals surface area contributed by atoms with Crippen LogP contribution in [0.25, 0.3) is 0 Å². The van der Waals surface area contributed by atoms with Crippen LogP contribution in [0.2, 0.25) is 5.02 Å². The van der Waals surface area contributed by atoms with Gasteiger partial charge in [0.2, 0.25) is 5.91 Å². The average Bonchev–Trinajstić information content (AvgIpc) is 3.21. The molecule has 1 aliphatic rings. The van der Waals surface area contributed by atoms with Crippen LogP contribution in [0.15, 0.2) is 18.2 Å². The standard InChI is InChI=1S/C15H22ClN3O/c1-3-17-15(20)10-19(2)14-8-12(16)5-4-11(14)9-18-13-6-7-13/h4-5,8,13,18H,3,6-7,9-10H2,1-2H3,(H,17,20). The number of rotatable bonds is 7. The van der Waals surface area contributed by atoms with Crippen molar-refractivity contribution in [2.45, 2.75) is 32.4 Å². The summed E-state index contributed by atoms with van der Waals surface area (Å²) in [5.74, 6) is 0.0241. The molecule has 0 saturated heterocycles. The normalized spacial score (nSPS) is 14.2. The first-order chi connectivity index (χ1) is 9.60. The Morgan fingerprint density at radius 3 is 2.85 bits per heavy atom. The van der Waals surface area contributed by atoms with Crippen LogP contribution in [0.1, 0.15) is 25.3 Å². The minimum atomic E-state index is 0.0241. The quantitative estimate of drug-likeness (QED) is 0.810. The summed E-state index contributed by atoms with van der Waals surface area (Å²) in [6.07, 6.45) is 2.52. The van der Waals surface area contributed by atoms with E-state index >= 15 is 0 Å². The first-order valence-electron chi connectivity index (χ1n) is 7.09. The summed E-state index contributed by atoms with van der Waals surface area (Å²) < 4.78 is 0. The molecule has 1 fully saturated rings. The largest absolute Gasteiger partial charge is 0.365 e. The molecule has 2 N–H and O–H groups in total. The van der Waals surface area contributed by atoms with E-state index < -0.39 is 0 Å². The molecule has 0 spiro atoms. The maximum absolute atomic E-state index is 11.7. The molecule has 20 heavy (non-hydrogen) atoms. The van der Waals surface area contributed by atoms with Gasteiger partial charge in [-0.1, -0.05) is 17.7 Å². The van der Waals surface area contributed by atoms with Crippen molar-refractivity contribution in [2.75, 3.05) is 25.0 Å². The maximum Gasteiger partial charge on any atom is 0.239 e. The van der Waals surface area contributed by atoms with E-state index in [1.807, 2.05) is 37.1 Å². The van der Waals surface area contributed by atoms with Gasteiger partial charge >= 0.3 is 0 Å². The molecule has 0 heterocycles. The van der Waals surface area contributed by atoms with E-state index in [2.05, 4.69) is 10.6 Å². The summed E-state index contributed by atoms with van der Waals surface area (Å²) in [5.41, 5.74) is 2.19. The van der Waals surface area contributed by atoms with Gasteiger partial charge in [0.25, 0.3) is 0 Å². The topological polar surface area (TPSA) is 44.4 Å². The Balaban J connectivity index is 2.05. The molecule has 1 aromatic rings. The van der Waals surface area contributed by atoms with Crippen LogP contribution in [0.4, 0.5) is 5.69 Å². The molecule has 0 aromatic heterocycles. The fourth-order valence-corrected chi connectivity index (χ4v) is 2.30. The van der Waals surface area contributed by atoms with Crippen molar-refractivity contribution < 1.29 is 4.79 Å². The Bertz CT molecular complexity index is 474. The minimum Gasteiger partial charge on any atom is -0.365 e. The van der Waals surface area contributed by atoms with Crippen LogP contribution >= 0.6 is 11.6 Å². The predicted octanol–water partition coefficient (Wildman–Crippen LogP) is 2.16. The van der Waals surface area contributed by atoms with Crippen LogP contribution in [0.3, 0.4) is 0 Å². The molecule has 0 bridgehead atoms. The van der Waals surface area contributed by atoms with E-state index in [-0.39, 0.29) is 5.91 Å². The van der Waals surface area contributed by atoms with E-state index in [1.54, 1.807) is 0 Å². The zero-order chi connectivity index (χ0) is 14.5. The molecule has 4 nitrogen and oxygen atoms in total. The smallest absolute Gasteiger partial charge is 0.239 e. The predicted molar refractivity (Wildman–Crippen MR) is 83.3 cm³/mol. The van der Waals surface area contributed by atoms with E-state index in [0.717, 1.165) is 12.2 Å². The van der Waals surface area contributed by atoms with Crippen molar-refractivity contribution in [3.05, 3.63) is 28.8 Å². The first-order valence-corrected chi connectivity index (χ1v) is 7.47. The molecule has 0 unspecified atom stereocenters. The number of amides is 1. The summed E-state index contributed by atoms with van der Waals surface area (Å²) in [6, 6.07) is 6.51. The number of likely N-dealkylation sites (N-methyl/N-ethyl adjacent to an activating group) is 2. The van der Waals surface area contributed by atoms with Crippen molar-refractivity contribution in [3.63, 3.8) is 0 Å². The van der Waals surface area contributed by atoms with Crippen LogP contribution in [0, 0.1) is 0 Å². The van der Waals surface area contributed by atoms with Crippen LogP contribution in [-0.4, -0.2) is 32.1 Å². The van der Waals surface area contributed by atoms with Gasteiger partial charge in [-0.15, -0.1) is 0 Å². The molecule has 0 radical (unpaired) electrons. The zero-order valence-electron chi connectivity index (χ0n) is 12.1. The minimum absolute atomic E-state index is 0.0241. The lowest BCUT2D eigenvalue weighted by Crippen LogP contribution is -2.35. The lowest BCUT2D eigenvalue weighted by molar-refractivity contribution is -0.119. The van der Waals surface area contributed by atoms with Crippen LogP contribution < -0.4 is 15.5 Å². The monoisotopic (exact) mass is 295 g/mol. The fraction of sp³-hybridized carbons (Fsp3) is 0.533. The third-order valence-electron chi connectivity index (χ3n) is 3.37. The second-order valence-corrected chi connectivity index (χ2v) is 5.67. The average molecular weight is 296 g/mol. The first kappa shape index (κ1) is 15.1. The molecule has 1 aromatic carbocycles. The molecule has 2 rings (SSSR count). The third kappa shape index (κ3) is 4.39. The van der Waals surface area contributed by atoms with Crippen LogP contribution in [0.5, 0.6) is 0 Å². The van der Waals surface area contributed by atoms with Gasteiger partial charge in [-0.25, -0.2) is 0 Å². The van der Waals surface area contributed by atoms with E-state index in [4.69, 9.17) is 11.6 Å². The lowest BCUT2D eigenvalue weighted by atomic mass is 10.1. The molecule has 0 aliphatic heterocycles. The summed E-state index contributed by atoms with van der Waals surface area (Å²) in [6.45, 7) is 3.72. The number of halogens is 1. The highest BCUT2D eigenvalue weighted by Crippen LogP contribution is 2.26. The van der Waals surface area contributed by atoms with Gasteiger partial charge in [0.15, 0.2) is 0 Å². The Morgan fingerprint density at radius 1 is 1.45 bits per heavy atom. The van der Waals surface area contributed by atoms with Gasteiger partial charge in [0.1, 0.15) is 0 Å².